The summed E-state index contributed by atoms with van der Waals surface area (Å²) >= 11 is 0. The van der Waals surface area contributed by atoms with Gasteiger partial charge in [-0.2, -0.15) is 8.42 Å². The Morgan fingerprint density at radius 2 is 2.00 bits per heavy atom. The van der Waals surface area contributed by atoms with Crippen molar-refractivity contribution >= 4 is 16.3 Å². The maximum absolute atomic E-state index is 12.7. The van der Waals surface area contributed by atoms with Gasteiger partial charge in [0.25, 0.3) is 0 Å². The first-order valence-electron chi connectivity index (χ1n) is 5.99. The second-order valence-corrected chi connectivity index (χ2v) is 7.06. The number of carbonyl (C=O) groups is 1. The van der Waals surface area contributed by atoms with Crippen molar-refractivity contribution in [2.45, 2.75) is 51.7 Å². The molecule has 1 aliphatic rings. The Morgan fingerprint density at radius 1 is 1.44 bits per heavy atom. The van der Waals surface area contributed by atoms with Crippen molar-refractivity contribution in [1.82, 2.24) is 5.32 Å². The fraction of sp³-hybridized carbons (Fsp3) is 0.909. The number of amides is 1. The number of alkyl carbamates (subject to hydrolysis) is 1. The number of halogens is 1. The average Bonchev–Trinajstić information content (AvgIpc) is 1.90. The number of carbonyl (C=O) groups excluding carboxylic acids is 1. The second-order valence-electron chi connectivity index (χ2n) is 5.65. The van der Waals surface area contributed by atoms with Crippen LogP contribution in [0.1, 0.15) is 40.0 Å². The van der Waals surface area contributed by atoms with E-state index in [1.165, 1.54) is 0 Å². The first-order valence-corrected chi connectivity index (χ1v) is 7.54. The summed E-state index contributed by atoms with van der Waals surface area (Å²) in [4.78, 5) is 11.5. The van der Waals surface area contributed by atoms with Crippen LogP contribution >= 0.6 is 0 Å². The Labute approximate surface area is 107 Å². The molecule has 1 rings (SSSR count). The van der Waals surface area contributed by atoms with Crippen LogP contribution in [-0.2, 0) is 15.0 Å². The molecule has 1 N–H and O–H groups in total. The van der Waals surface area contributed by atoms with Crippen LogP contribution in [0.4, 0.5) is 8.68 Å². The molecule has 1 saturated carbocycles. The number of rotatable bonds is 4. The fourth-order valence-corrected chi connectivity index (χ4v) is 2.60. The van der Waals surface area contributed by atoms with E-state index in [0.29, 0.717) is 0 Å². The van der Waals surface area contributed by atoms with Gasteiger partial charge in [-0.25, -0.2) is 4.79 Å². The third kappa shape index (κ3) is 5.66. The van der Waals surface area contributed by atoms with E-state index in [9.17, 15) is 17.1 Å². The fourth-order valence-electron chi connectivity index (χ4n) is 1.81. The van der Waals surface area contributed by atoms with Crippen LogP contribution in [0.3, 0.4) is 0 Å². The lowest BCUT2D eigenvalue weighted by Gasteiger charge is -2.33. The van der Waals surface area contributed by atoms with Crippen LogP contribution in [0.5, 0.6) is 0 Å². The minimum absolute atomic E-state index is 0.0167. The maximum Gasteiger partial charge on any atom is 0.407 e. The molecule has 0 bridgehead atoms. The molecule has 1 aliphatic carbocycles. The SMILES string of the molecule is CC(C)(C)OC(=O)NC(CS(=O)(=O)F)C1CCC1. The van der Waals surface area contributed by atoms with Gasteiger partial charge < -0.3 is 10.1 Å². The second kappa shape index (κ2) is 5.42. The topological polar surface area (TPSA) is 72.5 Å². The van der Waals surface area contributed by atoms with Crippen LogP contribution in [0.25, 0.3) is 0 Å². The number of ether oxygens (including phenoxy) is 1. The van der Waals surface area contributed by atoms with Crippen molar-refractivity contribution in [2.24, 2.45) is 5.92 Å². The molecule has 7 heteroatoms. The number of hydrogen-bond donors (Lipinski definition) is 1. The highest BCUT2D eigenvalue weighted by atomic mass is 32.3. The summed E-state index contributed by atoms with van der Waals surface area (Å²) in [7, 11) is -4.60. The molecule has 0 spiro atoms. The molecule has 0 aromatic heterocycles. The van der Waals surface area contributed by atoms with Gasteiger partial charge in [-0.15, -0.1) is 3.89 Å². The van der Waals surface area contributed by atoms with Crippen LogP contribution in [0.15, 0.2) is 0 Å². The largest absolute Gasteiger partial charge is 0.444 e. The predicted molar refractivity (Wildman–Crippen MR) is 65.4 cm³/mol. The predicted octanol–water partition coefficient (Wildman–Crippen LogP) is 1.98. The van der Waals surface area contributed by atoms with Crippen LogP contribution in [0, 0.1) is 5.92 Å². The van der Waals surface area contributed by atoms with Gasteiger partial charge in [0.15, 0.2) is 0 Å². The summed E-state index contributed by atoms with van der Waals surface area (Å²) in [5.74, 6) is -0.667. The van der Waals surface area contributed by atoms with Crippen molar-refractivity contribution in [3.05, 3.63) is 0 Å². The summed E-state index contributed by atoms with van der Waals surface area (Å²) in [6.45, 7) is 5.12. The van der Waals surface area contributed by atoms with Crippen molar-refractivity contribution in [2.75, 3.05) is 5.75 Å². The molecule has 1 unspecified atom stereocenters. The van der Waals surface area contributed by atoms with Crippen LogP contribution < -0.4 is 5.32 Å². The van der Waals surface area contributed by atoms with E-state index in [1.54, 1.807) is 20.8 Å². The standard InChI is InChI=1S/C11H20FNO4S/c1-11(2,3)17-10(14)13-9(7-18(12,15)16)8-5-4-6-8/h8-9H,4-7H2,1-3H3,(H,13,14). The molecule has 0 aromatic rings. The molecule has 0 aromatic carbocycles. The summed E-state index contributed by atoms with van der Waals surface area (Å²) in [6, 6.07) is -0.705. The van der Waals surface area contributed by atoms with Gasteiger partial charge in [0, 0.05) is 0 Å². The monoisotopic (exact) mass is 281 g/mol. The van der Waals surface area contributed by atoms with Gasteiger partial charge in [-0.05, 0) is 39.5 Å². The molecule has 1 amide bonds. The molecule has 106 valence electrons. The maximum atomic E-state index is 12.7. The Hall–Kier alpha value is -0.850. The molecule has 0 heterocycles. The van der Waals surface area contributed by atoms with E-state index in [1.807, 2.05) is 0 Å². The van der Waals surface area contributed by atoms with E-state index in [0.717, 1.165) is 19.3 Å². The Bertz CT molecular complexity index is 398. The molecule has 1 atom stereocenters. The lowest BCUT2D eigenvalue weighted by Crippen LogP contribution is -2.48. The first kappa shape index (κ1) is 15.2. The molecule has 0 saturated heterocycles. The zero-order valence-corrected chi connectivity index (χ0v) is 11.7. The summed E-state index contributed by atoms with van der Waals surface area (Å²) in [5.41, 5.74) is -0.664. The van der Waals surface area contributed by atoms with E-state index in [2.05, 4.69) is 5.32 Å². The summed E-state index contributed by atoms with van der Waals surface area (Å²) in [6.07, 6.45) is 1.87. The molecular formula is C11H20FNO4S. The Morgan fingerprint density at radius 3 is 2.33 bits per heavy atom. The van der Waals surface area contributed by atoms with Gasteiger partial charge in [-0.1, -0.05) is 6.42 Å². The Balaban J connectivity index is 2.58. The molecule has 1 fully saturated rings. The van der Waals surface area contributed by atoms with Gasteiger partial charge in [-0.3, -0.25) is 0 Å². The molecule has 5 nitrogen and oxygen atoms in total. The minimum atomic E-state index is -4.60. The smallest absolute Gasteiger partial charge is 0.407 e. The molecular weight excluding hydrogens is 261 g/mol. The highest BCUT2D eigenvalue weighted by molar-refractivity contribution is 7.86. The van der Waals surface area contributed by atoms with Gasteiger partial charge >= 0.3 is 16.3 Å². The van der Waals surface area contributed by atoms with Crippen molar-refractivity contribution in [3.8, 4) is 0 Å². The van der Waals surface area contributed by atoms with Crippen LogP contribution in [-0.4, -0.2) is 31.9 Å². The molecule has 18 heavy (non-hydrogen) atoms. The Kier molecular flexibility index (Phi) is 4.58. The highest BCUT2D eigenvalue weighted by Crippen LogP contribution is 2.30. The van der Waals surface area contributed by atoms with Crippen molar-refractivity contribution in [3.63, 3.8) is 0 Å². The van der Waals surface area contributed by atoms with E-state index >= 15 is 0 Å². The third-order valence-corrected chi connectivity index (χ3v) is 3.56. The van der Waals surface area contributed by atoms with E-state index in [4.69, 9.17) is 4.74 Å². The van der Waals surface area contributed by atoms with E-state index in [-0.39, 0.29) is 5.92 Å². The summed E-state index contributed by atoms with van der Waals surface area (Å²) in [5, 5.41) is 2.45. The lowest BCUT2D eigenvalue weighted by molar-refractivity contribution is 0.0475. The lowest BCUT2D eigenvalue weighted by atomic mass is 9.80. The average molecular weight is 281 g/mol. The first-order chi connectivity index (χ1) is 8.07. The summed E-state index contributed by atoms with van der Waals surface area (Å²) < 4.78 is 39.2. The molecule has 0 radical (unpaired) electrons. The van der Waals surface area contributed by atoms with Gasteiger partial charge in [0.05, 0.1) is 6.04 Å². The normalized spacial score (nSPS) is 18.9. The van der Waals surface area contributed by atoms with Crippen LogP contribution in [0.2, 0.25) is 0 Å². The minimum Gasteiger partial charge on any atom is -0.444 e. The van der Waals surface area contributed by atoms with Gasteiger partial charge in [0.1, 0.15) is 11.4 Å². The zero-order chi connectivity index (χ0) is 14.0. The molecule has 0 aliphatic heterocycles. The number of hydrogen-bond acceptors (Lipinski definition) is 4. The number of nitrogens with one attached hydrogen (secondary N) is 1. The van der Waals surface area contributed by atoms with E-state index < -0.39 is 33.7 Å². The van der Waals surface area contributed by atoms with Crippen molar-refractivity contribution in [1.29, 1.82) is 0 Å². The zero-order valence-electron chi connectivity index (χ0n) is 10.9. The van der Waals surface area contributed by atoms with Gasteiger partial charge in [0.2, 0.25) is 0 Å². The quantitative estimate of drug-likeness (QED) is 0.800. The highest BCUT2D eigenvalue weighted by Gasteiger charge is 2.33. The van der Waals surface area contributed by atoms with Crippen molar-refractivity contribution < 1.29 is 21.8 Å². The third-order valence-electron chi connectivity index (χ3n) is 2.80.